The predicted molar refractivity (Wildman–Crippen MR) is 163 cm³/mol. The minimum atomic E-state index is -0.762. The molecule has 0 saturated heterocycles. The third kappa shape index (κ3) is 8.48. The van der Waals surface area contributed by atoms with Gasteiger partial charge in [-0.2, -0.15) is 5.26 Å². The van der Waals surface area contributed by atoms with Gasteiger partial charge in [-0.05, 0) is 48.9 Å². The molecule has 216 valence electrons. The molecule has 0 spiro atoms. The fourth-order valence-corrected chi connectivity index (χ4v) is 4.95. The van der Waals surface area contributed by atoms with Crippen molar-refractivity contribution in [1.29, 1.82) is 5.26 Å². The molecular weight excluding hydrogens is 540 g/mol. The van der Waals surface area contributed by atoms with Gasteiger partial charge in [0, 0.05) is 17.1 Å². The highest BCUT2D eigenvalue weighted by Crippen LogP contribution is 2.33. The van der Waals surface area contributed by atoms with Crippen molar-refractivity contribution < 1.29 is 14.3 Å². The van der Waals surface area contributed by atoms with Gasteiger partial charge in [0.25, 0.3) is 0 Å². The van der Waals surface area contributed by atoms with E-state index in [9.17, 15) is 9.59 Å². The zero-order valence-corrected chi connectivity index (χ0v) is 24.2. The molecule has 0 radical (unpaired) electrons. The molecule has 4 rings (SSSR count). The molecule has 0 aliphatic heterocycles. The van der Waals surface area contributed by atoms with Gasteiger partial charge in [0.2, 0.25) is 17.5 Å². The number of hydrogen-bond acceptors (Lipinski definition) is 5. The number of nitriles is 1. The number of ether oxygens (including phenoxy) is 1. The average molecular weight is 577 g/mol. The number of hydrogen-bond donors (Lipinski definition) is 3. The summed E-state index contributed by atoms with van der Waals surface area (Å²) in [5.41, 5.74) is 2.76. The Morgan fingerprint density at radius 2 is 1.61 bits per heavy atom. The number of H-pyrrole nitrogens is 1. The lowest BCUT2D eigenvalue weighted by Gasteiger charge is -2.08. The Labute approximate surface area is 245 Å². The largest absolute Gasteiger partial charge is 0.417 e. The topological polar surface area (TPSA) is 124 Å². The van der Waals surface area contributed by atoms with Crippen molar-refractivity contribution in [3.63, 3.8) is 0 Å². The maximum atomic E-state index is 12.8. The number of rotatable bonds is 15. The summed E-state index contributed by atoms with van der Waals surface area (Å²) in [6.07, 6.45) is 12.8. The van der Waals surface area contributed by atoms with Crippen LogP contribution in [0.2, 0.25) is 5.02 Å². The molecule has 4 aromatic rings. The number of aromatic nitrogens is 3. The zero-order chi connectivity index (χ0) is 29.0. The molecule has 2 heterocycles. The Kier molecular flexibility index (Phi) is 11.0. The van der Waals surface area contributed by atoms with Gasteiger partial charge in [0.05, 0.1) is 22.7 Å². The van der Waals surface area contributed by atoms with E-state index < -0.39 is 6.09 Å². The number of halogens is 1. The normalized spacial score (nSPS) is 11.0. The summed E-state index contributed by atoms with van der Waals surface area (Å²) in [4.78, 5) is 28.8. The van der Waals surface area contributed by atoms with Gasteiger partial charge in [0.15, 0.2) is 5.65 Å². The fourth-order valence-electron chi connectivity index (χ4n) is 4.79. The fraction of sp³-hybridized carbons (Fsp3) is 0.419. The van der Waals surface area contributed by atoms with E-state index in [4.69, 9.17) is 21.6 Å². The molecule has 0 saturated carbocycles. The first kappa shape index (κ1) is 29.9. The van der Waals surface area contributed by atoms with E-state index in [0.29, 0.717) is 33.9 Å². The molecule has 0 fully saturated rings. The predicted octanol–water partition coefficient (Wildman–Crippen LogP) is 8.59. The monoisotopic (exact) mass is 576 g/mol. The lowest BCUT2D eigenvalue weighted by atomic mass is 10.1. The summed E-state index contributed by atoms with van der Waals surface area (Å²) in [6.45, 7) is 2.24. The van der Waals surface area contributed by atoms with Crippen molar-refractivity contribution >= 4 is 51.8 Å². The first-order valence-corrected chi connectivity index (χ1v) is 14.8. The maximum Gasteiger partial charge on any atom is 0.417 e. The van der Waals surface area contributed by atoms with Crippen molar-refractivity contribution in [1.82, 2.24) is 14.6 Å². The highest BCUT2D eigenvalue weighted by Gasteiger charge is 2.23. The number of fused-ring (bicyclic) bond motifs is 3. The Balaban J connectivity index is 1.35. The smallest absolute Gasteiger partial charge is 0.402 e. The summed E-state index contributed by atoms with van der Waals surface area (Å²) in [5.74, 6) is 0.0401. The number of aromatic amines is 1. The Morgan fingerprint density at radius 1 is 0.951 bits per heavy atom. The molecule has 10 heteroatoms. The van der Waals surface area contributed by atoms with Crippen LogP contribution in [0.5, 0.6) is 5.75 Å². The number of benzene rings is 2. The van der Waals surface area contributed by atoms with Crippen LogP contribution in [0.25, 0.3) is 16.7 Å². The lowest BCUT2D eigenvalue weighted by Crippen LogP contribution is -2.18. The van der Waals surface area contributed by atoms with Crippen molar-refractivity contribution in [2.24, 2.45) is 0 Å². The number of carbonyl (C=O) groups excluding carboxylic acids is 2. The minimum Gasteiger partial charge on any atom is -0.402 e. The molecule has 2 aromatic carbocycles. The van der Waals surface area contributed by atoms with Crippen molar-refractivity contribution in [2.45, 2.75) is 84.0 Å². The van der Waals surface area contributed by atoms with Gasteiger partial charge in [-0.3, -0.25) is 10.1 Å². The van der Waals surface area contributed by atoms with Crippen LogP contribution < -0.4 is 15.4 Å². The highest BCUT2D eigenvalue weighted by atomic mass is 35.5. The Morgan fingerprint density at radius 3 is 2.27 bits per heavy atom. The second-order valence-electron chi connectivity index (χ2n) is 10.3. The van der Waals surface area contributed by atoms with Crippen molar-refractivity contribution in [2.75, 3.05) is 10.6 Å². The van der Waals surface area contributed by atoms with Gasteiger partial charge in [-0.1, -0.05) is 82.7 Å². The summed E-state index contributed by atoms with van der Waals surface area (Å²) in [6, 6.07) is 13.7. The standard InChI is InChI=1S/C31H37ClN6O3/c1-2-3-4-5-6-7-8-9-10-11-12-13-27(39)36-29-28(41-31(40)34-24-17-14-22(21-33)15-18-24)30-35-25-19-16-23(32)20-26(25)38(30)37-29/h14-20,35H,2-13H2,1H3,(H,34,40)(H,36,37,39). The van der Waals surface area contributed by atoms with E-state index in [0.717, 1.165) is 24.8 Å². The number of nitrogens with zero attached hydrogens (tertiary/aromatic N) is 3. The molecule has 41 heavy (non-hydrogen) atoms. The summed E-state index contributed by atoms with van der Waals surface area (Å²) < 4.78 is 7.21. The molecule has 0 atom stereocenters. The second kappa shape index (κ2) is 15.1. The van der Waals surface area contributed by atoms with E-state index in [1.807, 2.05) is 6.07 Å². The molecule has 0 aliphatic carbocycles. The quantitative estimate of drug-likeness (QED) is 0.122. The highest BCUT2D eigenvalue weighted by molar-refractivity contribution is 6.31. The third-order valence-electron chi connectivity index (χ3n) is 7.00. The third-order valence-corrected chi connectivity index (χ3v) is 7.24. The van der Waals surface area contributed by atoms with Gasteiger partial charge in [-0.25, -0.2) is 9.31 Å². The first-order valence-electron chi connectivity index (χ1n) is 14.5. The van der Waals surface area contributed by atoms with Crippen LogP contribution in [-0.2, 0) is 4.79 Å². The summed E-state index contributed by atoms with van der Waals surface area (Å²) >= 11 is 6.20. The van der Waals surface area contributed by atoms with E-state index in [1.165, 1.54) is 51.4 Å². The van der Waals surface area contributed by atoms with Crippen molar-refractivity contribution in [3.05, 3.63) is 53.1 Å². The summed E-state index contributed by atoms with van der Waals surface area (Å²) in [7, 11) is 0. The van der Waals surface area contributed by atoms with Crippen LogP contribution in [-0.4, -0.2) is 26.6 Å². The number of nitrogens with one attached hydrogen (secondary N) is 3. The summed E-state index contributed by atoms with van der Waals surface area (Å²) in [5, 5.41) is 19.5. The van der Waals surface area contributed by atoms with Gasteiger partial charge < -0.3 is 15.0 Å². The van der Waals surface area contributed by atoms with Gasteiger partial charge in [-0.15, -0.1) is 5.10 Å². The van der Waals surface area contributed by atoms with E-state index >= 15 is 0 Å². The molecular formula is C31H37ClN6O3. The van der Waals surface area contributed by atoms with Crippen LogP contribution in [0.15, 0.2) is 42.5 Å². The van der Waals surface area contributed by atoms with E-state index in [2.05, 4.69) is 27.6 Å². The van der Waals surface area contributed by atoms with Gasteiger partial charge >= 0.3 is 6.09 Å². The van der Waals surface area contributed by atoms with Crippen LogP contribution >= 0.6 is 11.6 Å². The first-order chi connectivity index (χ1) is 20.0. The molecule has 0 unspecified atom stereocenters. The molecule has 3 N–H and O–H groups in total. The van der Waals surface area contributed by atoms with Crippen LogP contribution in [0, 0.1) is 11.3 Å². The lowest BCUT2D eigenvalue weighted by molar-refractivity contribution is -0.116. The minimum absolute atomic E-state index is 0.0933. The average Bonchev–Trinajstić information content (AvgIpc) is 3.47. The second-order valence-corrected chi connectivity index (χ2v) is 10.7. The van der Waals surface area contributed by atoms with Crippen LogP contribution in [0.3, 0.4) is 0 Å². The number of unbranched alkanes of at least 4 members (excludes halogenated alkanes) is 10. The number of carbonyl (C=O) groups is 2. The Hall–Kier alpha value is -4.03. The number of anilines is 2. The Bertz CT molecular complexity index is 1500. The van der Waals surface area contributed by atoms with Crippen LogP contribution in [0.4, 0.5) is 16.3 Å². The molecule has 0 aliphatic rings. The van der Waals surface area contributed by atoms with E-state index in [1.54, 1.807) is 47.0 Å². The number of imidazole rings is 1. The number of amides is 2. The molecule has 0 bridgehead atoms. The molecule has 2 amide bonds. The van der Waals surface area contributed by atoms with Gasteiger partial charge in [0.1, 0.15) is 0 Å². The molecule has 2 aromatic heterocycles. The zero-order valence-electron chi connectivity index (χ0n) is 23.5. The molecule has 9 nitrogen and oxygen atoms in total. The maximum absolute atomic E-state index is 12.8. The van der Waals surface area contributed by atoms with E-state index in [-0.39, 0.29) is 17.5 Å². The SMILES string of the molecule is CCCCCCCCCCCCCC(=O)Nc1nn2c([nH]c3ccc(Cl)cc32)c1OC(=O)Nc1ccc(C#N)cc1. The van der Waals surface area contributed by atoms with Crippen LogP contribution in [0.1, 0.15) is 89.5 Å². The van der Waals surface area contributed by atoms with Crippen molar-refractivity contribution in [3.8, 4) is 11.8 Å².